The predicted octanol–water partition coefficient (Wildman–Crippen LogP) is 0.839. The number of nitrogens with one attached hydrogen (secondary N) is 1. The highest BCUT2D eigenvalue weighted by Crippen LogP contribution is 2.29. The van der Waals surface area contributed by atoms with Gasteiger partial charge in [-0.2, -0.15) is 16.7 Å². The molecule has 1 aromatic rings. The molecule has 0 aromatic carbocycles. The molecule has 0 aliphatic carbocycles. The minimum atomic E-state index is 0.132. The predicted molar refractivity (Wildman–Crippen MR) is 73.2 cm³/mol. The van der Waals surface area contributed by atoms with Crippen molar-refractivity contribution in [3.8, 4) is 0 Å². The van der Waals surface area contributed by atoms with Crippen LogP contribution in [-0.4, -0.2) is 59.9 Å². The van der Waals surface area contributed by atoms with Gasteiger partial charge in [0.05, 0.1) is 18.2 Å². The van der Waals surface area contributed by atoms with E-state index in [1.165, 1.54) is 5.75 Å². The van der Waals surface area contributed by atoms with Crippen molar-refractivity contribution in [3.05, 3.63) is 11.7 Å². The summed E-state index contributed by atoms with van der Waals surface area (Å²) in [5.74, 6) is 3.72. The highest BCUT2D eigenvalue weighted by atomic mass is 32.2. The first-order chi connectivity index (χ1) is 9.28. The summed E-state index contributed by atoms with van der Waals surface area (Å²) in [4.78, 5) is 6.88. The third-order valence-electron chi connectivity index (χ3n) is 3.87. The van der Waals surface area contributed by atoms with Crippen LogP contribution in [0.25, 0.3) is 0 Å². The first-order valence-corrected chi connectivity index (χ1v) is 7.81. The molecule has 0 radical (unpaired) electrons. The van der Waals surface area contributed by atoms with Crippen molar-refractivity contribution in [3.63, 3.8) is 0 Å². The van der Waals surface area contributed by atoms with Gasteiger partial charge in [-0.3, -0.25) is 4.90 Å². The van der Waals surface area contributed by atoms with Crippen molar-refractivity contribution in [2.75, 3.05) is 38.8 Å². The second kappa shape index (κ2) is 5.78. The van der Waals surface area contributed by atoms with Crippen LogP contribution in [0.15, 0.2) is 4.52 Å². The van der Waals surface area contributed by atoms with Gasteiger partial charge in [-0.1, -0.05) is 5.16 Å². The molecule has 1 aromatic heterocycles. The Morgan fingerprint density at radius 2 is 2.42 bits per heavy atom. The van der Waals surface area contributed by atoms with Crippen LogP contribution >= 0.6 is 11.8 Å². The van der Waals surface area contributed by atoms with E-state index in [-0.39, 0.29) is 18.2 Å². The van der Waals surface area contributed by atoms with Crippen molar-refractivity contribution in [1.29, 1.82) is 0 Å². The van der Waals surface area contributed by atoms with Crippen LogP contribution in [0.1, 0.15) is 30.2 Å². The topological polar surface area (TPSA) is 63.4 Å². The van der Waals surface area contributed by atoms with E-state index in [9.17, 15) is 0 Å². The number of nitrogens with zero attached hydrogens (tertiary/aromatic N) is 3. The molecule has 19 heavy (non-hydrogen) atoms. The van der Waals surface area contributed by atoms with E-state index >= 15 is 0 Å². The summed E-state index contributed by atoms with van der Waals surface area (Å²) in [7, 11) is 3.86. The molecule has 6 nitrogen and oxygen atoms in total. The van der Waals surface area contributed by atoms with Crippen molar-refractivity contribution < 1.29 is 9.26 Å². The molecule has 0 spiro atoms. The standard InChI is InChI=1S/C12H20N4O2S/c1-16-3-4-19-7-10(16)11-14-12(18-15-11)9-5-8(17-2)6-13-9/h8-10,13H,3-7H2,1-2H3. The largest absolute Gasteiger partial charge is 0.380 e. The average molecular weight is 284 g/mol. The lowest BCUT2D eigenvalue weighted by molar-refractivity contribution is 0.116. The molecule has 106 valence electrons. The van der Waals surface area contributed by atoms with E-state index in [0.717, 1.165) is 31.1 Å². The van der Waals surface area contributed by atoms with Gasteiger partial charge in [0, 0.05) is 31.7 Å². The monoisotopic (exact) mass is 284 g/mol. The van der Waals surface area contributed by atoms with Crippen LogP contribution in [0.2, 0.25) is 0 Å². The first kappa shape index (κ1) is 13.4. The second-order valence-corrected chi connectivity index (χ2v) is 6.27. The molecule has 2 saturated heterocycles. The van der Waals surface area contributed by atoms with E-state index < -0.39 is 0 Å². The molecule has 3 rings (SSSR count). The Bertz CT molecular complexity index is 428. The van der Waals surface area contributed by atoms with E-state index in [4.69, 9.17) is 9.26 Å². The summed E-state index contributed by atoms with van der Waals surface area (Å²) in [6, 6.07) is 0.406. The number of hydrogen-bond acceptors (Lipinski definition) is 7. The zero-order valence-electron chi connectivity index (χ0n) is 11.3. The van der Waals surface area contributed by atoms with Gasteiger partial charge in [0.15, 0.2) is 5.82 Å². The molecule has 3 atom stereocenters. The first-order valence-electron chi connectivity index (χ1n) is 6.65. The maximum Gasteiger partial charge on any atom is 0.243 e. The van der Waals surface area contributed by atoms with E-state index in [0.29, 0.717) is 5.89 Å². The normalized spacial score (nSPS) is 32.8. The quantitative estimate of drug-likeness (QED) is 0.882. The molecule has 0 saturated carbocycles. The van der Waals surface area contributed by atoms with Crippen LogP contribution in [-0.2, 0) is 4.74 Å². The Morgan fingerprint density at radius 1 is 1.53 bits per heavy atom. The lowest BCUT2D eigenvalue weighted by Crippen LogP contribution is -2.33. The van der Waals surface area contributed by atoms with Crippen molar-refractivity contribution in [2.45, 2.75) is 24.6 Å². The highest BCUT2D eigenvalue weighted by molar-refractivity contribution is 7.99. The molecule has 7 heteroatoms. The van der Waals surface area contributed by atoms with Crippen LogP contribution in [0.3, 0.4) is 0 Å². The van der Waals surface area contributed by atoms with Gasteiger partial charge in [0.25, 0.3) is 0 Å². The van der Waals surface area contributed by atoms with E-state index in [1.807, 2.05) is 11.8 Å². The lowest BCUT2D eigenvalue weighted by Gasteiger charge is -2.29. The SMILES string of the molecule is COC1CNC(c2nc(C3CSCCN3C)no2)C1. The molecular weight excluding hydrogens is 264 g/mol. The lowest BCUT2D eigenvalue weighted by atomic mass is 10.2. The number of ether oxygens (including phenoxy) is 1. The molecule has 1 N–H and O–H groups in total. The highest BCUT2D eigenvalue weighted by Gasteiger charge is 2.31. The Kier molecular flexibility index (Phi) is 4.07. The Morgan fingerprint density at radius 3 is 3.16 bits per heavy atom. The van der Waals surface area contributed by atoms with E-state index in [1.54, 1.807) is 7.11 Å². The summed E-state index contributed by atoms with van der Waals surface area (Å²) in [6.45, 7) is 1.92. The fourth-order valence-electron chi connectivity index (χ4n) is 2.55. The van der Waals surface area contributed by atoms with Gasteiger partial charge in [-0.05, 0) is 13.5 Å². The van der Waals surface area contributed by atoms with Crippen LogP contribution in [0.5, 0.6) is 0 Å². The van der Waals surface area contributed by atoms with Crippen molar-refractivity contribution in [1.82, 2.24) is 20.4 Å². The summed E-state index contributed by atoms with van der Waals surface area (Å²) in [6.07, 6.45) is 1.14. The Balaban J connectivity index is 1.69. The van der Waals surface area contributed by atoms with Gasteiger partial charge in [-0.25, -0.2) is 0 Å². The summed E-state index contributed by atoms with van der Waals surface area (Å²) < 4.78 is 10.8. The average Bonchev–Trinajstić information content (AvgIpc) is 3.08. The number of methoxy groups -OCH3 is 1. The maximum atomic E-state index is 5.43. The minimum absolute atomic E-state index is 0.132. The van der Waals surface area contributed by atoms with Gasteiger partial charge in [0.2, 0.25) is 5.89 Å². The Labute approximate surface area is 117 Å². The molecule has 0 amide bonds. The van der Waals surface area contributed by atoms with Crippen LogP contribution in [0.4, 0.5) is 0 Å². The number of thioether (sulfide) groups is 1. The number of aromatic nitrogens is 2. The number of hydrogen-bond donors (Lipinski definition) is 1. The van der Waals surface area contributed by atoms with Crippen molar-refractivity contribution >= 4 is 11.8 Å². The molecule has 3 unspecified atom stereocenters. The van der Waals surface area contributed by atoms with E-state index in [2.05, 4.69) is 27.4 Å². The summed E-state index contributed by atoms with van der Waals surface area (Å²) in [5.41, 5.74) is 0. The summed E-state index contributed by atoms with van der Waals surface area (Å²) >= 11 is 1.95. The van der Waals surface area contributed by atoms with Gasteiger partial charge in [-0.15, -0.1) is 0 Å². The van der Waals surface area contributed by atoms with Gasteiger partial charge < -0.3 is 14.6 Å². The maximum absolute atomic E-state index is 5.43. The summed E-state index contributed by atoms with van der Waals surface area (Å²) in [5, 5.41) is 7.53. The molecule has 3 heterocycles. The van der Waals surface area contributed by atoms with Gasteiger partial charge in [0.1, 0.15) is 0 Å². The Hall–Kier alpha value is -0.630. The molecule has 2 aliphatic rings. The fraction of sp³-hybridized carbons (Fsp3) is 0.833. The van der Waals surface area contributed by atoms with Crippen molar-refractivity contribution in [2.24, 2.45) is 0 Å². The minimum Gasteiger partial charge on any atom is -0.380 e. The van der Waals surface area contributed by atoms with Gasteiger partial charge >= 0.3 is 0 Å². The molecular formula is C12H20N4O2S. The second-order valence-electron chi connectivity index (χ2n) is 5.12. The fourth-order valence-corrected chi connectivity index (χ4v) is 3.76. The van der Waals surface area contributed by atoms with Crippen LogP contribution < -0.4 is 5.32 Å². The molecule has 2 aliphatic heterocycles. The zero-order chi connectivity index (χ0) is 13.2. The zero-order valence-corrected chi connectivity index (χ0v) is 12.2. The third kappa shape index (κ3) is 2.79. The smallest absolute Gasteiger partial charge is 0.243 e. The third-order valence-corrected chi connectivity index (χ3v) is 4.90. The number of rotatable bonds is 3. The molecule has 0 bridgehead atoms. The molecule has 2 fully saturated rings. The van der Waals surface area contributed by atoms with Crippen LogP contribution in [0, 0.1) is 0 Å².